The maximum Gasteiger partial charge on any atom is 0.167 e. The lowest BCUT2D eigenvalue weighted by molar-refractivity contribution is -0.239. The second-order valence-corrected chi connectivity index (χ2v) is 8.61. The molecule has 2 N–H and O–H groups in total. The molecule has 3 aliphatic rings. The number of aromatic nitrogens is 4. The van der Waals surface area contributed by atoms with Gasteiger partial charge in [0.2, 0.25) is 0 Å². The summed E-state index contributed by atoms with van der Waals surface area (Å²) in [5.41, 5.74) is 6.28. The van der Waals surface area contributed by atoms with Crippen LogP contribution in [0.5, 0.6) is 0 Å². The fourth-order valence-corrected chi connectivity index (χ4v) is 4.84. The van der Waals surface area contributed by atoms with Gasteiger partial charge in [0.25, 0.3) is 0 Å². The molecule has 1 unspecified atom stereocenters. The molecule has 3 fully saturated rings. The van der Waals surface area contributed by atoms with Gasteiger partial charge in [-0.1, -0.05) is 26.7 Å². The van der Waals surface area contributed by atoms with Gasteiger partial charge in [-0.3, -0.25) is 4.57 Å². The summed E-state index contributed by atoms with van der Waals surface area (Å²) in [4.78, 5) is 12.8. The van der Waals surface area contributed by atoms with E-state index >= 15 is 0 Å². The molecule has 1 saturated carbocycles. The quantitative estimate of drug-likeness (QED) is 0.588. The molecule has 9 nitrogen and oxygen atoms in total. The van der Waals surface area contributed by atoms with Gasteiger partial charge in [-0.25, -0.2) is 15.0 Å². The van der Waals surface area contributed by atoms with Gasteiger partial charge >= 0.3 is 0 Å². The van der Waals surface area contributed by atoms with Crippen molar-refractivity contribution in [2.45, 2.75) is 82.0 Å². The van der Waals surface area contributed by atoms with Crippen molar-refractivity contribution >= 4 is 17.0 Å². The molecule has 2 saturated heterocycles. The maximum absolute atomic E-state index is 6.79. The second-order valence-electron chi connectivity index (χ2n) is 8.61. The third-order valence-corrected chi connectivity index (χ3v) is 6.62. The summed E-state index contributed by atoms with van der Waals surface area (Å²) < 4.78 is 27.8. The molecule has 5 rings (SSSR count). The third kappa shape index (κ3) is 2.94. The molecule has 0 aromatic carbocycles. The van der Waals surface area contributed by atoms with Crippen LogP contribution < -0.4 is 5.73 Å². The summed E-state index contributed by atoms with van der Waals surface area (Å²) in [6.07, 6.45) is 8.49. The molecule has 30 heavy (non-hydrogen) atoms. The monoisotopic (exact) mass is 417 g/mol. The van der Waals surface area contributed by atoms with Crippen LogP contribution in [0.1, 0.15) is 58.6 Å². The summed E-state index contributed by atoms with van der Waals surface area (Å²) >= 11 is 0. The summed E-state index contributed by atoms with van der Waals surface area (Å²) in [6, 6.07) is 0. The number of hydrogen-bond acceptors (Lipinski definition) is 8. The predicted octanol–water partition coefficient (Wildman–Crippen LogP) is 2.61. The van der Waals surface area contributed by atoms with Crippen molar-refractivity contribution in [2.24, 2.45) is 0 Å². The number of ether oxygens (including phenoxy) is 4. The number of rotatable bonds is 10. The molecule has 2 aromatic rings. The van der Waals surface area contributed by atoms with Crippen molar-refractivity contribution in [3.05, 3.63) is 12.7 Å². The van der Waals surface area contributed by atoms with Crippen LogP contribution >= 0.6 is 0 Å². The van der Waals surface area contributed by atoms with Gasteiger partial charge in [0.05, 0.1) is 12.9 Å². The van der Waals surface area contributed by atoms with Crippen LogP contribution in [0.3, 0.4) is 0 Å². The molecule has 1 spiro atoms. The number of fused-ring (bicyclic) bond motifs is 4. The number of hydrogen-bond donors (Lipinski definition) is 1. The predicted molar refractivity (Wildman–Crippen MR) is 110 cm³/mol. The average Bonchev–Trinajstić information content (AvgIpc) is 3.18. The van der Waals surface area contributed by atoms with E-state index < -0.39 is 11.8 Å². The lowest BCUT2D eigenvalue weighted by Crippen LogP contribution is -2.53. The molecule has 9 heteroatoms. The smallest absolute Gasteiger partial charge is 0.167 e. The summed E-state index contributed by atoms with van der Waals surface area (Å²) in [7, 11) is 0. The molecule has 4 atom stereocenters. The van der Waals surface area contributed by atoms with E-state index in [0.29, 0.717) is 36.8 Å². The number of imidazole rings is 1. The van der Waals surface area contributed by atoms with E-state index in [1.165, 1.54) is 6.33 Å². The molecule has 0 amide bonds. The van der Waals surface area contributed by atoms with Crippen molar-refractivity contribution in [1.82, 2.24) is 19.5 Å². The van der Waals surface area contributed by atoms with E-state index in [2.05, 4.69) is 28.8 Å². The SMILES string of the molecule is CCCCOC[C@]12O[C@@H](n3cnc4c(N)ncnc43)[C@@H](OC13CC3)C2OCCCC. The van der Waals surface area contributed by atoms with Gasteiger partial charge in [0.1, 0.15) is 29.7 Å². The Morgan fingerprint density at radius 1 is 1.13 bits per heavy atom. The summed E-state index contributed by atoms with van der Waals surface area (Å²) in [5, 5.41) is 0. The molecule has 2 bridgehead atoms. The first-order valence-electron chi connectivity index (χ1n) is 11.1. The van der Waals surface area contributed by atoms with Crippen LogP contribution in [0.25, 0.3) is 11.2 Å². The third-order valence-electron chi connectivity index (χ3n) is 6.62. The molecule has 2 aliphatic heterocycles. The Kier molecular flexibility index (Phi) is 5.17. The molecular weight excluding hydrogens is 386 g/mol. The lowest BCUT2D eigenvalue weighted by Gasteiger charge is -2.38. The Hall–Kier alpha value is -1.81. The highest BCUT2D eigenvalue weighted by atomic mass is 16.7. The van der Waals surface area contributed by atoms with Crippen molar-refractivity contribution in [1.29, 1.82) is 0 Å². The van der Waals surface area contributed by atoms with Crippen LogP contribution in [0.15, 0.2) is 12.7 Å². The molecule has 1 aliphatic carbocycles. The molecule has 0 radical (unpaired) electrons. The highest BCUT2D eigenvalue weighted by molar-refractivity contribution is 5.81. The van der Waals surface area contributed by atoms with Gasteiger partial charge in [0, 0.05) is 13.2 Å². The minimum Gasteiger partial charge on any atom is -0.382 e. The van der Waals surface area contributed by atoms with E-state index in [1.54, 1.807) is 6.33 Å². The van der Waals surface area contributed by atoms with E-state index in [4.69, 9.17) is 24.7 Å². The van der Waals surface area contributed by atoms with E-state index in [1.807, 2.05) is 4.57 Å². The van der Waals surface area contributed by atoms with Gasteiger partial charge < -0.3 is 24.7 Å². The normalized spacial score (nSPS) is 31.2. The minimum atomic E-state index is -0.612. The summed E-state index contributed by atoms with van der Waals surface area (Å²) in [6.45, 7) is 6.20. The molecule has 164 valence electrons. The Morgan fingerprint density at radius 3 is 2.70 bits per heavy atom. The van der Waals surface area contributed by atoms with Crippen molar-refractivity contribution in [3.63, 3.8) is 0 Å². The fourth-order valence-electron chi connectivity index (χ4n) is 4.84. The number of nitrogens with two attached hydrogens (primary N) is 1. The number of anilines is 1. The van der Waals surface area contributed by atoms with Gasteiger partial charge in [-0.2, -0.15) is 0 Å². The number of unbranched alkanes of at least 4 members (excludes halogenated alkanes) is 2. The Morgan fingerprint density at radius 2 is 1.93 bits per heavy atom. The van der Waals surface area contributed by atoms with Gasteiger partial charge in [-0.15, -0.1) is 0 Å². The highest BCUT2D eigenvalue weighted by Crippen LogP contribution is 2.65. The molecular formula is C21H31N5O4. The van der Waals surface area contributed by atoms with E-state index in [-0.39, 0.29) is 17.8 Å². The fraction of sp³-hybridized carbons (Fsp3) is 0.762. The Balaban J connectivity index is 1.47. The second kappa shape index (κ2) is 7.71. The average molecular weight is 418 g/mol. The van der Waals surface area contributed by atoms with Gasteiger partial charge in [0.15, 0.2) is 23.3 Å². The zero-order valence-corrected chi connectivity index (χ0v) is 17.7. The summed E-state index contributed by atoms with van der Waals surface area (Å²) in [5.74, 6) is 0.356. The topological polar surface area (TPSA) is 107 Å². The first-order valence-corrected chi connectivity index (χ1v) is 11.1. The first-order chi connectivity index (χ1) is 14.7. The lowest BCUT2D eigenvalue weighted by atomic mass is 9.91. The molecule has 4 heterocycles. The molecule has 2 aromatic heterocycles. The van der Waals surface area contributed by atoms with E-state index in [9.17, 15) is 0 Å². The largest absolute Gasteiger partial charge is 0.382 e. The first kappa shape index (κ1) is 20.1. The standard InChI is InChI=1S/C21H31N5O4/c1-3-5-9-27-11-21-16(28-10-6-4-2)15(29-20(21)7-8-20)19(30-21)26-13-25-14-17(22)23-12-24-18(14)26/h12-13,15-16,19H,3-11H2,1-2H3,(H2,22,23,24)/t15-,16?,19+,21+/m0/s1. The van der Waals surface area contributed by atoms with Crippen molar-refractivity contribution in [3.8, 4) is 0 Å². The number of nitrogen functional groups attached to an aromatic ring is 1. The number of nitrogens with zero attached hydrogens (tertiary/aromatic N) is 4. The van der Waals surface area contributed by atoms with Crippen LogP contribution in [0, 0.1) is 0 Å². The maximum atomic E-state index is 6.79. The Bertz CT molecular complexity index is 901. The van der Waals surface area contributed by atoms with Crippen molar-refractivity contribution in [2.75, 3.05) is 25.6 Å². The van der Waals surface area contributed by atoms with Crippen LogP contribution in [-0.2, 0) is 18.9 Å². The highest BCUT2D eigenvalue weighted by Gasteiger charge is 2.79. The zero-order valence-electron chi connectivity index (χ0n) is 17.7. The van der Waals surface area contributed by atoms with Crippen molar-refractivity contribution < 1.29 is 18.9 Å². The van der Waals surface area contributed by atoms with Crippen LogP contribution in [0.2, 0.25) is 0 Å². The Labute approximate surface area is 176 Å². The van der Waals surface area contributed by atoms with Crippen LogP contribution in [-0.4, -0.2) is 62.7 Å². The van der Waals surface area contributed by atoms with Crippen LogP contribution in [0.4, 0.5) is 5.82 Å². The van der Waals surface area contributed by atoms with Gasteiger partial charge in [-0.05, 0) is 25.7 Å². The zero-order chi connectivity index (χ0) is 20.8. The van der Waals surface area contributed by atoms with E-state index in [0.717, 1.165) is 38.5 Å². The minimum absolute atomic E-state index is 0.185.